The fourth-order valence-electron chi connectivity index (χ4n) is 2.20. The van der Waals surface area contributed by atoms with Gasteiger partial charge in [0.2, 0.25) is 0 Å². The van der Waals surface area contributed by atoms with Crippen LogP contribution in [0.3, 0.4) is 0 Å². The summed E-state index contributed by atoms with van der Waals surface area (Å²) in [6.45, 7) is 3.54. The van der Waals surface area contributed by atoms with Crippen LogP contribution in [0.5, 0.6) is 0 Å². The van der Waals surface area contributed by atoms with Crippen molar-refractivity contribution in [2.24, 2.45) is 0 Å². The summed E-state index contributed by atoms with van der Waals surface area (Å²) in [6, 6.07) is 0. The normalized spacial score (nSPS) is 15.6. The van der Waals surface area contributed by atoms with Gasteiger partial charge in [-0.1, -0.05) is 0 Å². The average molecular weight is 266 g/mol. The van der Waals surface area contributed by atoms with E-state index in [0.717, 1.165) is 19.6 Å². The lowest BCUT2D eigenvalue weighted by atomic mass is 10.3. The number of carboxylic acids is 1. The van der Waals surface area contributed by atoms with Crippen LogP contribution in [0, 0.1) is 0 Å². The molecule has 1 aliphatic rings. The van der Waals surface area contributed by atoms with Gasteiger partial charge in [0.15, 0.2) is 11.4 Å². The van der Waals surface area contributed by atoms with Crippen LogP contribution in [0.1, 0.15) is 33.8 Å². The standard InChI is InChI=1S/C12H18N4O3/c1-15(6-7-16-4-2-3-5-16)11(17)9-10(12(18)19)14-8-13-9/h8H,2-7H2,1H3,(H,13,14)(H,18,19). The number of amides is 1. The van der Waals surface area contributed by atoms with Gasteiger partial charge >= 0.3 is 5.97 Å². The van der Waals surface area contributed by atoms with Crippen LogP contribution in [0.15, 0.2) is 6.33 Å². The number of aromatic carboxylic acids is 1. The van der Waals surface area contributed by atoms with E-state index in [4.69, 9.17) is 5.11 Å². The van der Waals surface area contributed by atoms with E-state index in [9.17, 15) is 9.59 Å². The molecule has 7 nitrogen and oxygen atoms in total. The number of rotatable bonds is 5. The van der Waals surface area contributed by atoms with Gasteiger partial charge in [0, 0.05) is 20.1 Å². The van der Waals surface area contributed by atoms with Crippen molar-refractivity contribution in [3.05, 3.63) is 17.7 Å². The minimum Gasteiger partial charge on any atom is -0.477 e. The summed E-state index contributed by atoms with van der Waals surface area (Å²) in [5, 5.41) is 8.94. The number of aromatic amines is 1. The van der Waals surface area contributed by atoms with E-state index < -0.39 is 5.97 Å². The van der Waals surface area contributed by atoms with Gasteiger partial charge in [0.05, 0.1) is 6.33 Å². The lowest BCUT2D eigenvalue weighted by Gasteiger charge is -2.21. The monoisotopic (exact) mass is 266 g/mol. The number of carbonyl (C=O) groups is 2. The van der Waals surface area contributed by atoms with E-state index >= 15 is 0 Å². The number of hydrogen-bond donors (Lipinski definition) is 2. The first-order valence-electron chi connectivity index (χ1n) is 6.34. The molecule has 7 heteroatoms. The van der Waals surface area contributed by atoms with Crippen LogP contribution >= 0.6 is 0 Å². The summed E-state index contributed by atoms with van der Waals surface area (Å²) < 4.78 is 0. The van der Waals surface area contributed by atoms with Crippen LogP contribution in [-0.4, -0.2) is 70.0 Å². The second-order valence-electron chi connectivity index (χ2n) is 4.71. The number of imidazole rings is 1. The number of H-pyrrole nitrogens is 1. The molecule has 0 aromatic carbocycles. The van der Waals surface area contributed by atoms with Crippen LogP contribution in [0.2, 0.25) is 0 Å². The van der Waals surface area contributed by atoms with Crippen LogP contribution < -0.4 is 0 Å². The summed E-state index contributed by atoms with van der Waals surface area (Å²) in [6.07, 6.45) is 3.64. The third kappa shape index (κ3) is 3.11. The lowest BCUT2D eigenvalue weighted by Crippen LogP contribution is -2.36. The van der Waals surface area contributed by atoms with E-state index in [-0.39, 0.29) is 17.3 Å². The van der Waals surface area contributed by atoms with Gasteiger partial charge in [0.25, 0.3) is 5.91 Å². The van der Waals surface area contributed by atoms with Crippen molar-refractivity contribution in [3.8, 4) is 0 Å². The van der Waals surface area contributed by atoms with E-state index in [1.54, 1.807) is 7.05 Å². The highest BCUT2D eigenvalue weighted by molar-refractivity contribution is 6.02. The molecule has 1 fully saturated rings. The molecule has 2 rings (SSSR count). The summed E-state index contributed by atoms with van der Waals surface area (Å²) >= 11 is 0. The first-order chi connectivity index (χ1) is 9.09. The zero-order valence-electron chi connectivity index (χ0n) is 10.9. The van der Waals surface area contributed by atoms with E-state index in [0.29, 0.717) is 6.54 Å². The van der Waals surface area contributed by atoms with Crippen LogP contribution in [-0.2, 0) is 0 Å². The summed E-state index contributed by atoms with van der Waals surface area (Å²) in [7, 11) is 1.67. The highest BCUT2D eigenvalue weighted by Gasteiger charge is 2.23. The molecule has 1 saturated heterocycles. The smallest absolute Gasteiger partial charge is 0.354 e. The van der Waals surface area contributed by atoms with Gasteiger partial charge in [0.1, 0.15) is 0 Å². The van der Waals surface area contributed by atoms with Crippen LogP contribution in [0.4, 0.5) is 0 Å². The Morgan fingerprint density at radius 1 is 1.47 bits per heavy atom. The Balaban J connectivity index is 1.94. The third-order valence-electron chi connectivity index (χ3n) is 3.35. The number of carbonyl (C=O) groups excluding carboxylic acids is 1. The molecule has 19 heavy (non-hydrogen) atoms. The maximum absolute atomic E-state index is 12.1. The molecule has 2 heterocycles. The van der Waals surface area contributed by atoms with Crippen molar-refractivity contribution >= 4 is 11.9 Å². The van der Waals surface area contributed by atoms with Crippen molar-refractivity contribution in [1.82, 2.24) is 19.8 Å². The minimum atomic E-state index is -1.17. The Labute approximate surface area is 111 Å². The number of likely N-dealkylation sites (N-methyl/N-ethyl adjacent to an activating group) is 1. The van der Waals surface area contributed by atoms with Crippen molar-refractivity contribution in [2.45, 2.75) is 12.8 Å². The van der Waals surface area contributed by atoms with Gasteiger partial charge in [-0.05, 0) is 25.9 Å². The largest absolute Gasteiger partial charge is 0.477 e. The molecule has 0 radical (unpaired) electrons. The molecule has 0 aliphatic carbocycles. The zero-order chi connectivity index (χ0) is 13.8. The molecule has 1 aromatic rings. The summed E-state index contributed by atoms with van der Waals surface area (Å²) in [5.41, 5.74) is -0.186. The molecule has 0 unspecified atom stereocenters. The third-order valence-corrected chi connectivity index (χ3v) is 3.35. The van der Waals surface area contributed by atoms with Crippen molar-refractivity contribution < 1.29 is 14.7 Å². The average Bonchev–Trinajstić information content (AvgIpc) is 3.05. The number of aromatic nitrogens is 2. The van der Waals surface area contributed by atoms with Gasteiger partial charge < -0.3 is 19.9 Å². The number of nitrogens with zero attached hydrogens (tertiary/aromatic N) is 3. The number of hydrogen-bond acceptors (Lipinski definition) is 4. The molecule has 1 aromatic heterocycles. The summed E-state index contributed by atoms with van der Waals surface area (Å²) in [4.78, 5) is 33.1. The lowest BCUT2D eigenvalue weighted by molar-refractivity contribution is 0.0673. The van der Waals surface area contributed by atoms with Gasteiger partial charge in [-0.15, -0.1) is 0 Å². The van der Waals surface area contributed by atoms with E-state index in [1.165, 1.54) is 24.1 Å². The zero-order valence-corrected chi connectivity index (χ0v) is 10.9. The predicted molar refractivity (Wildman–Crippen MR) is 68.2 cm³/mol. The maximum atomic E-state index is 12.1. The molecule has 0 saturated carbocycles. The molecule has 0 atom stereocenters. The first kappa shape index (κ1) is 13.5. The maximum Gasteiger partial charge on any atom is 0.354 e. The Morgan fingerprint density at radius 3 is 2.79 bits per heavy atom. The van der Waals surface area contributed by atoms with Gasteiger partial charge in [-0.25, -0.2) is 9.78 Å². The topological polar surface area (TPSA) is 89.5 Å². The summed E-state index contributed by atoms with van der Waals surface area (Å²) in [5.74, 6) is -1.54. The molecule has 104 valence electrons. The van der Waals surface area contributed by atoms with E-state index in [1.807, 2.05) is 0 Å². The first-order valence-corrected chi connectivity index (χ1v) is 6.34. The molecular weight excluding hydrogens is 248 g/mol. The van der Waals surface area contributed by atoms with Crippen molar-refractivity contribution in [3.63, 3.8) is 0 Å². The Morgan fingerprint density at radius 2 is 2.16 bits per heavy atom. The fourth-order valence-corrected chi connectivity index (χ4v) is 2.20. The number of carboxylic acid groups (broad SMARTS) is 1. The Bertz CT molecular complexity index is 465. The SMILES string of the molecule is CN(CCN1CCCC1)C(=O)c1nc[nH]c1C(=O)O. The van der Waals surface area contributed by atoms with Crippen molar-refractivity contribution in [2.75, 3.05) is 33.2 Å². The fraction of sp³-hybridized carbons (Fsp3) is 0.583. The highest BCUT2D eigenvalue weighted by atomic mass is 16.4. The van der Waals surface area contributed by atoms with Crippen LogP contribution in [0.25, 0.3) is 0 Å². The molecule has 2 N–H and O–H groups in total. The minimum absolute atomic E-state index is 0.0311. The molecular formula is C12H18N4O3. The second kappa shape index (κ2) is 5.83. The number of likely N-dealkylation sites (tertiary alicyclic amines) is 1. The molecule has 0 spiro atoms. The second-order valence-corrected chi connectivity index (χ2v) is 4.71. The van der Waals surface area contributed by atoms with Gasteiger partial charge in [-0.3, -0.25) is 4.79 Å². The Hall–Kier alpha value is -1.89. The van der Waals surface area contributed by atoms with E-state index in [2.05, 4.69) is 14.9 Å². The highest BCUT2D eigenvalue weighted by Crippen LogP contribution is 2.09. The van der Waals surface area contributed by atoms with Crippen molar-refractivity contribution in [1.29, 1.82) is 0 Å². The molecule has 1 aliphatic heterocycles. The predicted octanol–water partition coefficient (Wildman–Crippen LogP) is 0.276. The molecule has 1 amide bonds. The Kier molecular flexibility index (Phi) is 4.16. The van der Waals surface area contributed by atoms with Gasteiger partial charge in [-0.2, -0.15) is 0 Å². The quantitative estimate of drug-likeness (QED) is 0.798. The number of nitrogens with one attached hydrogen (secondary N) is 1. The molecule has 0 bridgehead atoms.